The van der Waals surface area contributed by atoms with Crippen LogP contribution in [0.25, 0.3) is 0 Å². The number of hydrogen-bond donors (Lipinski definition) is 3. The van der Waals surface area contributed by atoms with Crippen molar-refractivity contribution in [2.45, 2.75) is 12.8 Å². The molecule has 1 aromatic carbocycles. The Labute approximate surface area is 118 Å². The zero-order valence-corrected chi connectivity index (χ0v) is 11.5. The van der Waals surface area contributed by atoms with E-state index in [-0.39, 0.29) is 11.0 Å². The van der Waals surface area contributed by atoms with E-state index in [1.54, 1.807) is 6.07 Å². The molecule has 1 saturated heterocycles. The summed E-state index contributed by atoms with van der Waals surface area (Å²) >= 11 is 4.78. The highest BCUT2D eigenvalue weighted by molar-refractivity contribution is 7.80. The van der Waals surface area contributed by atoms with Crippen molar-refractivity contribution in [3.05, 3.63) is 24.3 Å². The summed E-state index contributed by atoms with van der Waals surface area (Å²) in [6.07, 6.45) is 2.36. The molecule has 6 heteroatoms. The highest BCUT2D eigenvalue weighted by Gasteiger charge is 2.14. The lowest BCUT2D eigenvalue weighted by molar-refractivity contribution is -0.117. The Morgan fingerprint density at radius 2 is 1.89 bits per heavy atom. The minimum absolute atomic E-state index is 0.00868. The van der Waals surface area contributed by atoms with E-state index in [4.69, 9.17) is 18.0 Å². The van der Waals surface area contributed by atoms with Gasteiger partial charge in [-0.3, -0.25) is 9.69 Å². The highest BCUT2D eigenvalue weighted by Crippen LogP contribution is 2.15. The third-order valence-corrected chi connectivity index (χ3v) is 3.08. The van der Waals surface area contributed by atoms with E-state index in [0.29, 0.717) is 6.54 Å². The third-order valence-electron chi connectivity index (χ3n) is 2.98. The molecule has 0 bridgehead atoms. The number of nitrogens with two attached hydrogens (primary N) is 1. The summed E-state index contributed by atoms with van der Waals surface area (Å²) in [5.41, 5.74) is 6.92. The van der Waals surface area contributed by atoms with Gasteiger partial charge in [0, 0.05) is 11.4 Å². The minimum Gasteiger partial charge on any atom is -0.376 e. The molecule has 1 heterocycles. The lowest BCUT2D eigenvalue weighted by Gasteiger charge is -2.14. The summed E-state index contributed by atoms with van der Waals surface area (Å²) in [6.45, 7) is 2.47. The fourth-order valence-electron chi connectivity index (χ4n) is 2.16. The van der Waals surface area contributed by atoms with E-state index in [9.17, 15) is 4.79 Å². The van der Waals surface area contributed by atoms with Crippen LogP contribution in [-0.2, 0) is 4.79 Å². The third kappa shape index (κ3) is 4.50. The van der Waals surface area contributed by atoms with Crippen molar-refractivity contribution in [2.75, 3.05) is 30.3 Å². The fourth-order valence-corrected chi connectivity index (χ4v) is 2.28. The number of hydrogen-bond acceptors (Lipinski definition) is 3. The first kappa shape index (κ1) is 13.8. The van der Waals surface area contributed by atoms with Gasteiger partial charge in [0.1, 0.15) is 0 Å². The summed E-state index contributed by atoms with van der Waals surface area (Å²) in [5, 5.41) is 5.93. The number of amides is 1. The molecule has 0 atom stereocenters. The Hall–Kier alpha value is -1.66. The summed E-state index contributed by atoms with van der Waals surface area (Å²) in [5.74, 6) is 0.00868. The second-order valence-electron chi connectivity index (χ2n) is 4.60. The van der Waals surface area contributed by atoms with E-state index < -0.39 is 0 Å². The number of likely N-dealkylation sites (tertiary alicyclic amines) is 1. The van der Waals surface area contributed by atoms with Crippen LogP contribution in [0.4, 0.5) is 11.4 Å². The number of anilines is 2. The van der Waals surface area contributed by atoms with Crippen LogP contribution in [0.2, 0.25) is 0 Å². The molecule has 5 nitrogen and oxygen atoms in total. The number of carbonyl (C=O) groups is 1. The largest absolute Gasteiger partial charge is 0.376 e. The van der Waals surface area contributed by atoms with E-state index in [1.165, 1.54) is 12.8 Å². The Morgan fingerprint density at radius 3 is 2.53 bits per heavy atom. The van der Waals surface area contributed by atoms with Crippen molar-refractivity contribution in [3.63, 3.8) is 0 Å². The summed E-state index contributed by atoms with van der Waals surface area (Å²) in [7, 11) is 0. The first-order valence-electron chi connectivity index (χ1n) is 6.32. The average Bonchev–Trinajstić information content (AvgIpc) is 2.81. The smallest absolute Gasteiger partial charge is 0.238 e. The van der Waals surface area contributed by atoms with Gasteiger partial charge < -0.3 is 16.4 Å². The maximum atomic E-state index is 11.9. The standard InChI is InChI=1S/C13H18N4OS/c14-13(19)16-11-5-3-4-10(8-11)15-12(18)9-17-6-1-2-7-17/h3-5,8H,1-2,6-7,9H2,(H,15,18)(H3,14,16,19). The zero-order valence-electron chi connectivity index (χ0n) is 10.7. The van der Waals surface area contributed by atoms with Gasteiger partial charge in [0.2, 0.25) is 5.91 Å². The molecule has 0 aliphatic carbocycles. The lowest BCUT2D eigenvalue weighted by Crippen LogP contribution is -2.30. The first-order chi connectivity index (χ1) is 9.13. The van der Waals surface area contributed by atoms with Crippen molar-refractivity contribution in [3.8, 4) is 0 Å². The van der Waals surface area contributed by atoms with Crippen molar-refractivity contribution in [1.29, 1.82) is 0 Å². The Bertz CT molecular complexity index is 471. The van der Waals surface area contributed by atoms with E-state index in [1.807, 2.05) is 18.2 Å². The Kier molecular flexibility index (Phi) is 4.70. The quantitative estimate of drug-likeness (QED) is 0.726. The number of nitrogens with zero attached hydrogens (tertiary/aromatic N) is 1. The number of carbonyl (C=O) groups excluding carboxylic acids is 1. The second-order valence-corrected chi connectivity index (χ2v) is 5.04. The van der Waals surface area contributed by atoms with Gasteiger partial charge in [-0.1, -0.05) is 6.07 Å². The maximum Gasteiger partial charge on any atom is 0.238 e. The molecule has 1 aliphatic heterocycles. The monoisotopic (exact) mass is 278 g/mol. The Morgan fingerprint density at radius 1 is 1.26 bits per heavy atom. The van der Waals surface area contributed by atoms with Gasteiger partial charge in [-0.2, -0.15) is 0 Å². The van der Waals surface area contributed by atoms with Crippen LogP contribution >= 0.6 is 12.2 Å². The summed E-state index contributed by atoms with van der Waals surface area (Å²) in [4.78, 5) is 14.0. The predicted molar refractivity (Wildman–Crippen MR) is 81.2 cm³/mol. The normalized spacial score (nSPS) is 15.2. The van der Waals surface area contributed by atoms with Crippen LogP contribution in [0, 0.1) is 0 Å². The first-order valence-corrected chi connectivity index (χ1v) is 6.73. The molecule has 0 saturated carbocycles. The number of rotatable bonds is 4. The fraction of sp³-hybridized carbons (Fsp3) is 0.385. The lowest BCUT2D eigenvalue weighted by atomic mass is 10.2. The van der Waals surface area contributed by atoms with Crippen LogP contribution in [-0.4, -0.2) is 35.6 Å². The number of benzene rings is 1. The molecular weight excluding hydrogens is 260 g/mol. The predicted octanol–water partition coefficient (Wildman–Crippen LogP) is 1.38. The van der Waals surface area contributed by atoms with Gasteiger partial charge in [-0.05, 0) is 56.3 Å². The van der Waals surface area contributed by atoms with Crippen LogP contribution in [0.3, 0.4) is 0 Å². The molecule has 0 radical (unpaired) electrons. The van der Waals surface area contributed by atoms with Gasteiger partial charge in [0.15, 0.2) is 5.11 Å². The number of thiocarbonyl (C=S) groups is 1. The SMILES string of the molecule is NC(=S)Nc1cccc(NC(=O)CN2CCCC2)c1. The van der Waals surface area contributed by atoms with Crippen LogP contribution in [0.1, 0.15) is 12.8 Å². The molecule has 19 heavy (non-hydrogen) atoms. The van der Waals surface area contributed by atoms with Crippen LogP contribution < -0.4 is 16.4 Å². The summed E-state index contributed by atoms with van der Waals surface area (Å²) < 4.78 is 0. The van der Waals surface area contributed by atoms with Crippen molar-refractivity contribution in [2.24, 2.45) is 5.73 Å². The molecule has 1 amide bonds. The Balaban J connectivity index is 1.90. The van der Waals surface area contributed by atoms with Gasteiger partial charge in [0.25, 0.3) is 0 Å². The molecular formula is C13H18N4OS. The van der Waals surface area contributed by atoms with Crippen molar-refractivity contribution >= 4 is 34.6 Å². The topological polar surface area (TPSA) is 70.4 Å². The van der Waals surface area contributed by atoms with Gasteiger partial charge in [-0.25, -0.2) is 0 Å². The summed E-state index contributed by atoms with van der Waals surface area (Å²) in [6, 6.07) is 7.33. The van der Waals surface area contributed by atoms with Gasteiger partial charge >= 0.3 is 0 Å². The van der Waals surface area contributed by atoms with Gasteiger partial charge in [0.05, 0.1) is 6.54 Å². The molecule has 4 N–H and O–H groups in total. The average molecular weight is 278 g/mol. The van der Waals surface area contributed by atoms with Crippen molar-refractivity contribution in [1.82, 2.24) is 4.90 Å². The number of nitrogens with one attached hydrogen (secondary N) is 2. The molecule has 1 fully saturated rings. The van der Waals surface area contributed by atoms with E-state index >= 15 is 0 Å². The zero-order chi connectivity index (χ0) is 13.7. The minimum atomic E-state index is 0.00868. The van der Waals surface area contributed by atoms with E-state index in [2.05, 4.69) is 15.5 Å². The molecule has 102 valence electrons. The van der Waals surface area contributed by atoms with Gasteiger partial charge in [-0.15, -0.1) is 0 Å². The molecule has 2 rings (SSSR count). The van der Waals surface area contributed by atoms with Crippen LogP contribution in [0.5, 0.6) is 0 Å². The molecule has 0 aromatic heterocycles. The van der Waals surface area contributed by atoms with Crippen LogP contribution in [0.15, 0.2) is 24.3 Å². The molecule has 1 aliphatic rings. The van der Waals surface area contributed by atoms with Crippen molar-refractivity contribution < 1.29 is 4.79 Å². The van der Waals surface area contributed by atoms with E-state index in [0.717, 1.165) is 24.5 Å². The molecule has 1 aromatic rings. The molecule has 0 unspecified atom stereocenters. The maximum absolute atomic E-state index is 11.9. The second kappa shape index (κ2) is 6.49. The molecule has 0 spiro atoms. The highest BCUT2D eigenvalue weighted by atomic mass is 32.1.